The lowest BCUT2D eigenvalue weighted by Gasteiger charge is -2.15. The Bertz CT molecular complexity index is 1260. The maximum Gasteiger partial charge on any atom is 0.337 e. The number of allylic oxidation sites excluding steroid dienone is 1. The smallest absolute Gasteiger partial charge is 0.337 e. The number of ether oxygens (including phenoxy) is 3. The lowest BCUT2D eigenvalue weighted by Crippen LogP contribution is -2.17. The Hall–Kier alpha value is -3.64. The zero-order valence-corrected chi connectivity index (χ0v) is 22.8. The van der Waals surface area contributed by atoms with Gasteiger partial charge < -0.3 is 19.5 Å². The molecule has 0 spiro atoms. The third-order valence-electron chi connectivity index (χ3n) is 4.94. The van der Waals surface area contributed by atoms with Gasteiger partial charge in [-0.1, -0.05) is 33.8 Å². The van der Waals surface area contributed by atoms with E-state index in [0.717, 1.165) is 4.47 Å². The molecule has 12 heteroatoms. The minimum absolute atomic E-state index is 0.00671. The summed E-state index contributed by atoms with van der Waals surface area (Å²) in [5.74, 6) is -0.429. The number of anilines is 1. The van der Waals surface area contributed by atoms with Gasteiger partial charge in [0.1, 0.15) is 5.75 Å². The van der Waals surface area contributed by atoms with E-state index in [2.05, 4.69) is 38.0 Å². The molecule has 1 amide bonds. The van der Waals surface area contributed by atoms with Gasteiger partial charge in [-0.15, -0.1) is 16.8 Å². The van der Waals surface area contributed by atoms with Crippen LogP contribution in [0.2, 0.25) is 0 Å². The van der Waals surface area contributed by atoms with E-state index < -0.39 is 18.0 Å². The quantitative estimate of drug-likeness (QED) is 0.193. The molecule has 0 fully saturated rings. The second kappa shape index (κ2) is 13.1. The van der Waals surface area contributed by atoms with Gasteiger partial charge in [0, 0.05) is 16.7 Å². The second-order valence-electron chi connectivity index (χ2n) is 7.57. The van der Waals surface area contributed by atoms with E-state index in [1.807, 2.05) is 35.8 Å². The summed E-state index contributed by atoms with van der Waals surface area (Å²) in [5, 5.41) is 11.7. The van der Waals surface area contributed by atoms with Gasteiger partial charge >= 0.3 is 11.9 Å². The van der Waals surface area contributed by atoms with E-state index in [9.17, 15) is 14.4 Å². The molecule has 1 unspecified atom stereocenters. The molecule has 1 heterocycles. The summed E-state index contributed by atoms with van der Waals surface area (Å²) >= 11 is 4.57. The molecule has 0 radical (unpaired) electrons. The van der Waals surface area contributed by atoms with E-state index >= 15 is 0 Å². The van der Waals surface area contributed by atoms with Crippen molar-refractivity contribution in [2.24, 2.45) is 0 Å². The summed E-state index contributed by atoms with van der Waals surface area (Å²) in [6, 6.07) is 11.6. The maximum absolute atomic E-state index is 12.7. The van der Waals surface area contributed by atoms with Crippen molar-refractivity contribution in [3.63, 3.8) is 0 Å². The average Bonchev–Trinajstić information content (AvgIpc) is 3.30. The van der Waals surface area contributed by atoms with Crippen LogP contribution in [0, 0.1) is 0 Å². The summed E-state index contributed by atoms with van der Waals surface area (Å²) < 4.78 is 18.2. The Labute approximate surface area is 226 Å². The van der Waals surface area contributed by atoms with Crippen molar-refractivity contribution in [1.29, 1.82) is 0 Å². The van der Waals surface area contributed by atoms with Crippen molar-refractivity contribution in [2.75, 3.05) is 25.3 Å². The van der Waals surface area contributed by atoms with Crippen molar-refractivity contribution in [3.05, 3.63) is 76.5 Å². The summed E-state index contributed by atoms with van der Waals surface area (Å²) in [7, 11) is 2.45. The molecule has 37 heavy (non-hydrogen) atoms. The number of rotatable bonds is 11. The number of methoxy groups -OCH3 is 2. The minimum Gasteiger partial charge on any atom is -0.483 e. The molecule has 0 aliphatic heterocycles. The van der Waals surface area contributed by atoms with Crippen molar-refractivity contribution < 1.29 is 28.6 Å². The van der Waals surface area contributed by atoms with Crippen molar-refractivity contribution in [2.45, 2.75) is 24.7 Å². The first-order valence-corrected chi connectivity index (χ1v) is 12.7. The fourth-order valence-electron chi connectivity index (χ4n) is 3.28. The molecule has 0 aliphatic carbocycles. The van der Waals surface area contributed by atoms with E-state index in [1.165, 1.54) is 44.2 Å². The Morgan fingerprint density at radius 3 is 2.27 bits per heavy atom. The molecule has 3 aromatic rings. The van der Waals surface area contributed by atoms with E-state index in [-0.39, 0.29) is 28.5 Å². The van der Waals surface area contributed by atoms with Gasteiger partial charge in [-0.3, -0.25) is 9.36 Å². The first-order valence-electron chi connectivity index (χ1n) is 11.0. The van der Waals surface area contributed by atoms with Gasteiger partial charge in [0.25, 0.3) is 0 Å². The number of halogens is 1. The summed E-state index contributed by atoms with van der Waals surface area (Å²) in [4.78, 5) is 36.7. The highest BCUT2D eigenvalue weighted by Crippen LogP contribution is 2.26. The van der Waals surface area contributed by atoms with Crippen LogP contribution >= 0.6 is 27.7 Å². The molecule has 1 atom stereocenters. The van der Waals surface area contributed by atoms with Gasteiger partial charge in [-0.2, -0.15) is 0 Å². The van der Waals surface area contributed by atoms with Crippen LogP contribution in [0.3, 0.4) is 0 Å². The standard InChI is InChI=1S/C25H25BrN4O6S/c1-5-10-30-22(15(2)36-20-8-6-18(26)7-9-20)28-29-25(30)37-14-21(31)27-19-12-16(23(32)34-3)11-17(13-19)24(33)35-4/h5-9,11-13,15H,1,10,14H2,2-4H3,(H,27,31). The van der Waals surface area contributed by atoms with Crippen molar-refractivity contribution >= 4 is 51.2 Å². The Morgan fingerprint density at radius 2 is 1.70 bits per heavy atom. The monoisotopic (exact) mass is 588 g/mol. The SMILES string of the molecule is C=CCn1c(SCC(=O)Nc2cc(C(=O)OC)cc(C(=O)OC)c2)nnc1C(C)Oc1ccc(Br)cc1. The summed E-state index contributed by atoms with van der Waals surface area (Å²) in [5.41, 5.74) is 0.450. The van der Waals surface area contributed by atoms with Gasteiger partial charge in [-0.05, 0) is 49.4 Å². The number of hydrogen-bond donors (Lipinski definition) is 1. The van der Waals surface area contributed by atoms with E-state index in [1.54, 1.807) is 6.08 Å². The maximum atomic E-state index is 12.7. The van der Waals surface area contributed by atoms with E-state index in [0.29, 0.717) is 23.3 Å². The molecule has 0 bridgehead atoms. The van der Waals surface area contributed by atoms with Crippen LogP contribution in [0.5, 0.6) is 5.75 Å². The number of nitrogens with zero attached hydrogens (tertiary/aromatic N) is 3. The highest BCUT2D eigenvalue weighted by atomic mass is 79.9. The van der Waals surface area contributed by atoms with Gasteiger partial charge in [-0.25, -0.2) is 9.59 Å². The van der Waals surface area contributed by atoms with Crippen LogP contribution in [0.25, 0.3) is 0 Å². The molecule has 0 aliphatic rings. The number of esters is 2. The highest BCUT2D eigenvalue weighted by Gasteiger charge is 2.20. The largest absolute Gasteiger partial charge is 0.483 e. The zero-order chi connectivity index (χ0) is 26.9. The van der Waals surface area contributed by atoms with Crippen LogP contribution in [0.15, 0.2) is 64.7 Å². The molecule has 1 N–H and O–H groups in total. The average molecular weight is 589 g/mol. The van der Waals surface area contributed by atoms with Crippen LogP contribution in [-0.4, -0.2) is 52.6 Å². The van der Waals surface area contributed by atoms with Crippen molar-refractivity contribution in [1.82, 2.24) is 14.8 Å². The molecule has 1 aromatic heterocycles. The van der Waals surface area contributed by atoms with Crippen LogP contribution in [0.1, 0.15) is 39.6 Å². The molecule has 2 aromatic carbocycles. The van der Waals surface area contributed by atoms with Crippen LogP contribution < -0.4 is 10.1 Å². The van der Waals surface area contributed by atoms with Crippen LogP contribution in [0.4, 0.5) is 5.69 Å². The lowest BCUT2D eigenvalue weighted by atomic mass is 10.1. The fourth-order valence-corrected chi connectivity index (χ4v) is 4.30. The minimum atomic E-state index is -0.653. The molecule has 3 rings (SSSR count). The molecule has 0 saturated heterocycles. The predicted octanol–water partition coefficient (Wildman–Crippen LogP) is 4.67. The normalized spacial score (nSPS) is 11.4. The zero-order valence-electron chi connectivity index (χ0n) is 20.4. The fraction of sp³-hybridized carbons (Fsp3) is 0.240. The second-order valence-corrected chi connectivity index (χ2v) is 9.43. The Balaban J connectivity index is 1.72. The number of thioether (sulfide) groups is 1. The number of carbonyl (C=O) groups is 3. The summed E-state index contributed by atoms with van der Waals surface area (Å²) in [6.45, 7) is 6.08. The number of amides is 1. The number of aromatic nitrogens is 3. The summed E-state index contributed by atoms with van der Waals surface area (Å²) in [6.07, 6.45) is 1.30. The van der Waals surface area contributed by atoms with E-state index in [4.69, 9.17) is 14.2 Å². The highest BCUT2D eigenvalue weighted by molar-refractivity contribution is 9.10. The predicted molar refractivity (Wildman–Crippen MR) is 142 cm³/mol. The number of benzene rings is 2. The topological polar surface area (TPSA) is 122 Å². The number of carbonyl (C=O) groups excluding carboxylic acids is 3. The van der Waals surface area contributed by atoms with Gasteiger partial charge in [0.15, 0.2) is 17.1 Å². The number of hydrogen-bond acceptors (Lipinski definition) is 9. The molecular formula is C25H25BrN4O6S. The first-order chi connectivity index (χ1) is 17.7. The van der Waals surface area contributed by atoms with Crippen molar-refractivity contribution in [3.8, 4) is 5.75 Å². The Kier molecular flexibility index (Phi) is 9.86. The van der Waals surface area contributed by atoms with Crippen LogP contribution in [-0.2, 0) is 20.8 Å². The Morgan fingerprint density at radius 1 is 1.08 bits per heavy atom. The van der Waals surface area contributed by atoms with Gasteiger partial charge in [0.2, 0.25) is 5.91 Å². The molecule has 10 nitrogen and oxygen atoms in total. The number of nitrogens with one attached hydrogen (secondary N) is 1. The van der Waals surface area contributed by atoms with Gasteiger partial charge in [0.05, 0.1) is 31.1 Å². The lowest BCUT2D eigenvalue weighted by molar-refractivity contribution is -0.113. The molecule has 0 saturated carbocycles. The molecular weight excluding hydrogens is 564 g/mol. The third kappa shape index (κ3) is 7.43. The third-order valence-corrected chi connectivity index (χ3v) is 6.43. The molecule has 194 valence electrons. The first kappa shape index (κ1) is 27.9.